The number of aromatic nitrogens is 5. The number of H-pyrrole nitrogens is 1. The van der Waals surface area contributed by atoms with Crippen molar-refractivity contribution in [2.24, 2.45) is 0 Å². The lowest BCUT2D eigenvalue weighted by atomic mass is 9.99. The molecule has 1 amide bonds. The highest BCUT2D eigenvalue weighted by atomic mass is 16.5. The standard InChI is InChI=1S/C25H32N8O2/c1-16(2)22-23(17-12-19(35-5)25-26-15-27-33(25)13-17)28-18-6-7-20(29-24(18)22)31-8-10-32(11-9-31)21(34)14-30(3)4/h6-7,12-13,15-16,28H,8-11,14H2,1-5H3. The lowest BCUT2D eigenvalue weighted by Gasteiger charge is -2.36. The van der Waals surface area contributed by atoms with E-state index >= 15 is 0 Å². The van der Waals surface area contributed by atoms with Gasteiger partial charge in [-0.15, -0.1) is 0 Å². The van der Waals surface area contributed by atoms with Gasteiger partial charge in [-0.1, -0.05) is 13.8 Å². The minimum atomic E-state index is 0.176. The molecule has 4 aromatic rings. The van der Waals surface area contributed by atoms with Gasteiger partial charge in [-0.3, -0.25) is 4.79 Å². The molecule has 35 heavy (non-hydrogen) atoms. The van der Waals surface area contributed by atoms with Crippen LogP contribution in [0.2, 0.25) is 0 Å². The molecule has 1 fully saturated rings. The number of ether oxygens (including phenoxy) is 1. The van der Waals surface area contributed by atoms with Gasteiger partial charge in [0.1, 0.15) is 12.1 Å². The number of methoxy groups -OCH3 is 1. The van der Waals surface area contributed by atoms with Crippen LogP contribution >= 0.6 is 0 Å². The Morgan fingerprint density at radius 1 is 1.20 bits per heavy atom. The van der Waals surface area contributed by atoms with Crippen molar-refractivity contribution in [3.63, 3.8) is 0 Å². The number of nitrogens with one attached hydrogen (secondary N) is 1. The number of amides is 1. The van der Waals surface area contributed by atoms with Gasteiger partial charge in [0.15, 0.2) is 11.4 Å². The average molecular weight is 477 g/mol. The molecule has 1 aliphatic rings. The normalized spacial score (nSPS) is 14.6. The predicted molar refractivity (Wildman–Crippen MR) is 136 cm³/mol. The summed E-state index contributed by atoms with van der Waals surface area (Å²) in [4.78, 5) is 31.5. The van der Waals surface area contributed by atoms with Gasteiger partial charge in [0.05, 0.1) is 30.4 Å². The van der Waals surface area contributed by atoms with Crippen LogP contribution in [0.4, 0.5) is 5.82 Å². The highest BCUT2D eigenvalue weighted by Crippen LogP contribution is 2.37. The molecule has 0 aliphatic carbocycles. The summed E-state index contributed by atoms with van der Waals surface area (Å²) in [5, 5.41) is 4.31. The largest absolute Gasteiger partial charge is 0.493 e. The van der Waals surface area contributed by atoms with Crippen LogP contribution < -0.4 is 9.64 Å². The first kappa shape index (κ1) is 23.1. The molecule has 1 N–H and O–H groups in total. The van der Waals surface area contributed by atoms with Crippen molar-refractivity contribution < 1.29 is 9.53 Å². The number of piperazine rings is 1. The van der Waals surface area contributed by atoms with Crippen LogP contribution in [-0.4, -0.2) is 94.2 Å². The third kappa shape index (κ3) is 4.29. The summed E-state index contributed by atoms with van der Waals surface area (Å²) >= 11 is 0. The Hall–Kier alpha value is -3.66. The van der Waals surface area contributed by atoms with Crippen molar-refractivity contribution in [2.45, 2.75) is 19.8 Å². The van der Waals surface area contributed by atoms with Gasteiger partial charge in [-0.05, 0) is 38.2 Å². The number of pyridine rings is 2. The third-order valence-electron chi connectivity index (χ3n) is 6.50. The van der Waals surface area contributed by atoms with Crippen LogP contribution in [-0.2, 0) is 4.79 Å². The molecule has 0 unspecified atom stereocenters. The van der Waals surface area contributed by atoms with Crippen LogP contribution in [0.3, 0.4) is 0 Å². The maximum atomic E-state index is 12.4. The lowest BCUT2D eigenvalue weighted by molar-refractivity contribution is -0.132. The zero-order valence-corrected chi connectivity index (χ0v) is 20.9. The van der Waals surface area contributed by atoms with Crippen LogP contribution in [0.15, 0.2) is 30.7 Å². The molecule has 0 aromatic carbocycles. The summed E-state index contributed by atoms with van der Waals surface area (Å²) in [5.74, 6) is 2.03. The predicted octanol–water partition coefficient (Wildman–Crippen LogP) is 2.61. The first-order valence-electron chi connectivity index (χ1n) is 11.9. The Morgan fingerprint density at radius 3 is 2.66 bits per heavy atom. The van der Waals surface area contributed by atoms with E-state index in [9.17, 15) is 4.79 Å². The number of rotatable bonds is 6. The van der Waals surface area contributed by atoms with Crippen LogP contribution in [0, 0.1) is 0 Å². The topological polar surface area (TPSA) is 94.9 Å². The number of nitrogens with zero attached hydrogens (tertiary/aromatic N) is 7. The number of carbonyl (C=O) groups is 1. The summed E-state index contributed by atoms with van der Waals surface area (Å²) in [6, 6.07) is 6.15. The zero-order valence-electron chi connectivity index (χ0n) is 20.9. The Balaban J connectivity index is 1.48. The minimum absolute atomic E-state index is 0.176. The molecule has 184 valence electrons. The fourth-order valence-electron chi connectivity index (χ4n) is 4.78. The first-order valence-corrected chi connectivity index (χ1v) is 11.9. The molecule has 0 spiro atoms. The van der Waals surface area contributed by atoms with Crippen molar-refractivity contribution in [3.8, 4) is 17.0 Å². The summed E-state index contributed by atoms with van der Waals surface area (Å²) in [6.07, 6.45) is 3.49. The SMILES string of the molecule is COc1cc(-c2[nH]c3ccc(N4CCN(C(=O)CN(C)C)CC4)nc3c2C(C)C)cn2ncnc12. The Bertz CT molecular complexity index is 1360. The quantitative estimate of drug-likeness (QED) is 0.457. The number of likely N-dealkylation sites (N-methyl/N-ethyl adjacent to an activating group) is 1. The van der Waals surface area contributed by atoms with Gasteiger partial charge in [-0.25, -0.2) is 14.5 Å². The molecule has 5 heterocycles. The fraction of sp³-hybridized carbons (Fsp3) is 0.440. The Kier molecular flexibility index (Phi) is 6.06. The Morgan fingerprint density at radius 2 is 1.97 bits per heavy atom. The summed E-state index contributed by atoms with van der Waals surface area (Å²) in [5.41, 5.74) is 5.77. The maximum Gasteiger partial charge on any atom is 0.236 e. The monoisotopic (exact) mass is 476 g/mol. The van der Waals surface area contributed by atoms with Crippen LogP contribution in [0.5, 0.6) is 5.75 Å². The first-order chi connectivity index (χ1) is 16.9. The lowest BCUT2D eigenvalue weighted by Crippen LogP contribution is -2.50. The molecule has 0 atom stereocenters. The van der Waals surface area contributed by atoms with Gasteiger partial charge in [0, 0.05) is 43.5 Å². The minimum Gasteiger partial charge on any atom is -0.493 e. The van der Waals surface area contributed by atoms with Gasteiger partial charge in [0.2, 0.25) is 5.91 Å². The van der Waals surface area contributed by atoms with E-state index in [1.54, 1.807) is 11.6 Å². The summed E-state index contributed by atoms with van der Waals surface area (Å²) in [6.45, 7) is 7.76. The van der Waals surface area contributed by atoms with E-state index < -0.39 is 0 Å². The van der Waals surface area contributed by atoms with Crippen molar-refractivity contribution in [3.05, 3.63) is 36.3 Å². The van der Waals surface area contributed by atoms with E-state index in [0.717, 1.165) is 46.8 Å². The van der Waals surface area contributed by atoms with Crippen molar-refractivity contribution in [1.82, 2.24) is 34.4 Å². The summed E-state index contributed by atoms with van der Waals surface area (Å²) < 4.78 is 7.31. The van der Waals surface area contributed by atoms with Crippen LogP contribution in [0.1, 0.15) is 25.3 Å². The number of hydrogen-bond acceptors (Lipinski definition) is 7. The third-order valence-corrected chi connectivity index (χ3v) is 6.50. The average Bonchev–Trinajstić information content (AvgIpc) is 3.47. The van der Waals surface area contributed by atoms with Gasteiger partial charge in [-0.2, -0.15) is 5.10 Å². The smallest absolute Gasteiger partial charge is 0.236 e. The van der Waals surface area contributed by atoms with E-state index in [2.05, 4.69) is 45.9 Å². The molecular formula is C25H32N8O2. The molecule has 4 aromatic heterocycles. The van der Waals surface area contributed by atoms with E-state index in [0.29, 0.717) is 31.0 Å². The highest BCUT2D eigenvalue weighted by molar-refractivity contribution is 5.90. The second-order valence-corrected chi connectivity index (χ2v) is 9.56. The molecule has 10 heteroatoms. The molecule has 0 bridgehead atoms. The molecule has 5 rings (SSSR count). The van der Waals surface area contributed by atoms with E-state index in [1.807, 2.05) is 36.2 Å². The van der Waals surface area contributed by atoms with E-state index in [-0.39, 0.29) is 11.8 Å². The zero-order chi connectivity index (χ0) is 24.7. The molecule has 10 nitrogen and oxygen atoms in total. The number of fused-ring (bicyclic) bond motifs is 2. The van der Waals surface area contributed by atoms with Crippen molar-refractivity contribution >= 4 is 28.4 Å². The fourth-order valence-corrected chi connectivity index (χ4v) is 4.78. The van der Waals surface area contributed by atoms with Gasteiger partial charge in [0.25, 0.3) is 0 Å². The van der Waals surface area contributed by atoms with Crippen molar-refractivity contribution in [1.29, 1.82) is 0 Å². The van der Waals surface area contributed by atoms with Crippen LogP contribution in [0.25, 0.3) is 27.9 Å². The second-order valence-electron chi connectivity index (χ2n) is 9.56. The van der Waals surface area contributed by atoms with E-state index in [1.165, 1.54) is 6.33 Å². The molecule has 0 saturated carbocycles. The van der Waals surface area contributed by atoms with Crippen molar-refractivity contribution in [2.75, 3.05) is 58.8 Å². The van der Waals surface area contributed by atoms with Gasteiger partial charge < -0.3 is 24.4 Å². The molecule has 1 saturated heterocycles. The second kappa shape index (κ2) is 9.18. The molecule has 0 radical (unpaired) electrons. The molecular weight excluding hydrogens is 444 g/mol. The summed E-state index contributed by atoms with van der Waals surface area (Å²) in [7, 11) is 5.49. The number of hydrogen-bond donors (Lipinski definition) is 1. The maximum absolute atomic E-state index is 12.4. The highest BCUT2D eigenvalue weighted by Gasteiger charge is 2.24. The number of anilines is 1. The Labute approximate surface area is 204 Å². The van der Waals surface area contributed by atoms with E-state index in [4.69, 9.17) is 9.72 Å². The van der Waals surface area contributed by atoms with Gasteiger partial charge >= 0.3 is 0 Å². The molecule has 1 aliphatic heterocycles. The number of aromatic amines is 1. The number of carbonyl (C=O) groups excluding carboxylic acids is 1.